The van der Waals surface area contributed by atoms with Crippen LogP contribution in [0.4, 0.5) is 0 Å². The molecule has 1 N–H and O–H groups in total. The molecule has 0 unspecified atom stereocenters. The van der Waals surface area contributed by atoms with E-state index in [2.05, 4.69) is 0 Å². The Balaban J connectivity index is 2.68. The van der Waals surface area contributed by atoms with Crippen LogP contribution in [-0.4, -0.2) is 11.1 Å². The van der Waals surface area contributed by atoms with Gasteiger partial charge in [-0.1, -0.05) is 13.3 Å². The summed E-state index contributed by atoms with van der Waals surface area (Å²) in [5, 5.41) is 10.5. The van der Waals surface area contributed by atoms with E-state index in [1.807, 2.05) is 6.92 Å². The van der Waals surface area contributed by atoms with Crippen molar-refractivity contribution in [3.63, 3.8) is 0 Å². The molecule has 5 heteroatoms. The van der Waals surface area contributed by atoms with Crippen LogP contribution in [0, 0.1) is 0 Å². The number of ether oxygens (including phenoxy) is 1. The second-order valence-corrected chi connectivity index (χ2v) is 4.25. The van der Waals surface area contributed by atoms with E-state index in [1.54, 1.807) is 0 Å². The lowest BCUT2D eigenvalue weighted by Gasteiger charge is -2.08. The van der Waals surface area contributed by atoms with Gasteiger partial charge in [-0.2, -0.15) is 0 Å². The molecule has 1 aromatic heterocycles. The van der Waals surface area contributed by atoms with Crippen LogP contribution < -0.4 is 10.4 Å². The van der Waals surface area contributed by atoms with E-state index in [9.17, 15) is 14.7 Å². The van der Waals surface area contributed by atoms with Gasteiger partial charge >= 0.3 is 11.6 Å². The lowest BCUT2D eigenvalue weighted by molar-refractivity contribution is -0.131. The second-order valence-electron chi connectivity index (χ2n) is 4.25. The first-order valence-electron chi connectivity index (χ1n) is 5.99. The molecule has 0 aliphatic carbocycles. The summed E-state index contributed by atoms with van der Waals surface area (Å²) >= 11 is 0. The van der Waals surface area contributed by atoms with Gasteiger partial charge in [0.15, 0.2) is 0 Å². The summed E-state index contributed by atoms with van der Waals surface area (Å²) in [5.74, 6) is -0.430. The smallest absolute Gasteiger partial charge is 0.336 e. The van der Waals surface area contributed by atoms with Crippen LogP contribution in [0.25, 0.3) is 11.0 Å². The maximum absolute atomic E-state index is 11.5. The molecule has 0 amide bonds. The number of fused-ring (bicyclic) bond motifs is 1. The van der Waals surface area contributed by atoms with E-state index in [0.29, 0.717) is 11.8 Å². The minimum Gasteiger partial charge on any atom is -0.507 e. The normalized spacial score (nSPS) is 10.6. The van der Waals surface area contributed by atoms with Crippen molar-refractivity contribution in [2.75, 3.05) is 0 Å². The third-order valence-electron chi connectivity index (χ3n) is 2.66. The van der Waals surface area contributed by atoms with Gasteiger partial charge in [0, 0.05) is 25.1 Å². The highest BCUT2D eigenvalue weighted by molar-refractivity contribution is 5.88. The molecule has 2 rings (SSSR count). The van der Waals surface area contributed by atoms with Crippen LogP contribution in [0.15, 0.2) is 27.4 Å². The van der Waals surface area contributed by atoms with Crippen molar-refractivity contribution < 1.29 is 19.1 Å². The summed E-state index contributed by atoms with van der Waals surface area (Å²) in [7, 11) is 0. The third kappa shape index (κ3) is 2.76. The Bertz CT molecular complexity index is 684. The number of aromatic hydroxyl groups is 1. The first kappa shape index (κ1) is 13.1. The van der Waals surface area contributed by atoms with Gasteiger partial charge in [0.25, 0.3) is 0 Å². The molecule has 0 aliphatic heterocycles. The third-order valence-corrected chi connectivity index (χ3v) is 2.66. The molecule has 100 valence electrons. The van der Waals surface area contributed by atoms with E-state index in [1.165, 1.54) is 25.1 Å². The zero-order chi connectivity index (χ0) is 14.0. The predicted molar refractivity (Wildman–Crippen MR) is 69.5 cm³/mol. The second kappa shape index (κ2) is 5.14. The number of benzene rings is 1. The predicted octanol–water partition coefficient (Wildman–Crippen LogP) is 2.38. The Morgan fingerprint density at radius 1 is 1.37 bits per heavy atom. The molecule has 1 aromatic carbocycles. The standard InChI is InChI=1S/C14H14O5/c1-3-4-9-5-13(17)19-12-7-10(18-8(2)15)6-11(16)14(9)12/h5-7,16H,3-4H2,1-2H3. The minimum atomic E-state index is -0.509. The summed E-state index contributed by atoms with van der Waals surface area (Å²) in [6.45, 7) is 3.23. The van der Waals surface area contributed by atoms with Gasteiger partial charge in [-0.3, -0.25) is 4.79 Å². The number of hydrogen-bond acceptors (Lipinski definition) is 5. The summed E-state index contributed by atoms with van der Waals surface area (Å²) < 4.78 is 9.93. The molecule has 0 saturated heterocycles. The average Bonchev–Trinajstić information content (AvgIpc) is 2.26. The quantitative estimate of drug-likeness (QED) is 0.522. The first-order chi connectivity index (χ1) is 9.01. The molecular formula is C14H14O5. The number of carbonyl (C=O) groups is 1. The average molecular weight is 262 g/mol. The Kier molecular flexibility index (Phi) is 3.55. The number of carbonyl (C=O) groups excluding carboxylic acids is 1. The highest BCUT2D eigenvalue weighted by Gasteiger charge is 2.12. The lowest BCUT2D eigenvalue weighted by Crippen LogP contribution is -2.03. The van der Waals surface area contributed by atoms with Crippen LogP contribution in [0.1, 0.15) is 25.8 Å². The summed E-state index contributed by atoms with van der Waals surface area (Å²) in [6, 6.07) is 4.14. The molecule has 0 fully saturated rings. The number of esters is 1. The van der Waals surface area contributed by atoms with Crippen molar-refractivity contribution in [1.29, 1.82) is 0 Å². The van der Waals surface area contributed by atoms with Crippen LogP contribution in [0.2, 0.25) is 0 Å². The van der Waals surface area contributed by atoms with Crippen molar-refractivity contribution in [1.82, 2.24) is 0 Å². The van der Waals surface area contributed by atoms with E-state index in [0.717, 1.165) is 12.0 Å². The van der Waals surface area contributed by atoms with Crippen LogP contribution >= 0.6 is 0 Å². The van der Waals surface area contributed by atoms with Gasteiger partial charge in [0.2, 0.25) is 0 Å². The first-order valence-corrected chi connectivity index (χ1v) is 5.99. The summed E-state index contributed by atoms with van der Waals surface area (Å²) in [4.78, 5) is 22.4. The van der Waals surface area contributed by atoms with E-state index in [4.69, 9.17) is 9.15 Å². The van der Waals surface area contributed by atoms with Crippen molar-refractivity contribution in [3.05, 3.63) is 34.2 Å². The van der Waals surface area contributed by atoms with Gasteiger partial charge < -0.3 is 14.3 Å². The molecule has 0 bridgehead atoms. The van der Waals surface area contributed by atoms with Gasteiger partial charge in [0.1, 0.15) is 17.1 Å². The number of rotatable bonds is 3. The Hall–Kier alpha value is -2.30. The van der Waals surface area contributed by atoms with E-state index in [-0.39, 0.29) is 17.1 Å². The zero-order valence-corrected chi connectivity index (χ0v) is 10.7. The summed E-state index contributed by atoms with van der Waals surface area (Å²) in [5.41, 5.74) is 0.447. The number of hydrogen-bond donors (Lipinski definition) is 1. The number of phenolic OH excluding ortho intramolecular Hbond substituents is 1. The Labute approximate surface area is 109 Å². The number of aryl methyl sites for hydroxylation is 1. The molecule has 5 nitrogen and oxygen atoms in total. The minimum absolute atomic E-state index is 0.0686. The van der Waals surface area contributed by atoms with Crippen molar-refractivity contribution in [3.8, 4) is 11.5 Å². The topological polar surface area (TPSA) is 76.7 Å². The molecule has 1 heterocycles. The molecular weight excluding hydrogens is 248 g/mol. The highest BCUT2D eigenvalue weighted by Crippen LogP contribution is 2.32. The number of phenols is 1. The molecule has 2 aromatic rings. The van der Waals surface area contributed by atoms with Gasteiger partial charge in [-0.25, -0.2) is 4.79 Å². The fourth-order valence-electron chi connectivity index (χ4n) is 2.02. The van der Waals surface area contributed by atoms with Crippen molar-refractivity contribution in [2.24, 2.45) is 0 Å². The molecule has 0 spiro atoms. The fourth-order valence-corrected chi connectivity index (χ4v) is 2.02. The molecule has 0 atom stereocenters. The van der Waals surface area contributed by atoms with E-state index >= 15 is 0 Å². The maximum Gasteiger partial charge on any atom is 0.336 e. The zero-order valence-electron chi connectivity index (χ0n) is 10.7. The molecule has 19 heavy (non-hydrogen) atoms. The largest absolute Gasteiger partial charge is 0.507 e. The Morgan fingerprint density at radius 2 is 2.11 bits per heavy atom. The van der Waals surface area contributed by atoms with Gasteiger partial charge in [0.05, 0.1) is 5.39 Å². The van der Waals surface area contributed by atoms with Gasteiger partial charge in [-0.15, -0.1) is 0 Å². The van der Waals surface area contributed by atoms with E-state index < -0.39 is 11.6 Å². The monoisotopic (exact) mass is 262 g/mol. The van der Waals surface area contributed by atoms with Crippen LogP contribution in [-0.2, 0) is 11.2 Å². The Morgan fingerprint density at radius 3 is 2.74 bits per heavy atom. The maximum atomic E-state index is 11.5. The lowest BCUT2D eigenvalue weighted by atomic mass is 10.0. The van der Waals surface area contributed by atoms with Crippen LogP contribution in [0.5, 0.6) is 11.5 Å². The van der Waals surface area contributed by atoms with Gasteiger partial charge in [-0.05, 0) is 12.0 Å². The highest BCUT2D eigenvalue weighted by atomic mass is 16.5. The van der Waals surface area contributed by atoms with Crippen molar-refractivity contribution in [2.45, 2.75) is 26.7 Å². The van der Waals surface area contributed by atoms with Crippen molar-refractivity contribution >= 4 is 16.9 Å². The fraction of sp³-hybridized carbons (Fsp3) is 0.286. The summed E-state index contributed by atoms with van der Waals surface area (Å²) in [6.07, 6.45) is 1.49. The molecule has 0 radical (unpaired) electrons. The molecule has 0 saturated carbocycles. The van der Waals surface area contributed by atoms with Crippen LogP contribution in [0.3, 0.4) is 0 Å². The molecule has 0 aliphatic rings. The SMILES string of the molecule is CCCc1cc(=O)oc2cc(OC(C)=O)cc(O)c12.